The summed E-state index contributed by atoms with van der Waals surface area (Å²) in [5.41, 5.74) is 1.57. The van der Waals surface area contributed by atoms with Crippen LogP contribution >= 0.6 is 0 Å². The van der Waals surface area contributed by atoms with Crippen molar-refractivity contribution < 1.29 is 31.9 Å². The summed E-state index contributed by atoms with van der Waals surface area (Å²) in [6.45, 7) is 2.55. The number of benzene rings is 1. The SMILES string of the molecule is CCOc1cc2c(cc1/C=C/C(=O)N(Cc1ccco1)CC(F)(F)F)OC(C)C2. The van der Waals surface area contributed by atoms with Gasteiger partial charge in [-0.2, -0.15) is 13.2 Å². The van der Waals surface area contributed by atoms with Crippen molar-refractivity contribution >= 4 is 12.0 Å². The third-order valence-electron chi connectivity index (χ3n) is 4.34. The van der Waals surface area contributed by atoms with E-state index >= 15 is 0 Å². The summed E-state index contributed by atoms with van der Waals surface area (Å²) in [4.78, 5) is 13.2. The van der Waals surface area contributed by atoms with Gasteiger partial charge in [-0.3, -0.25) is 4.79 Å². The molecule has 1 amide bonds. The summed E-state index contributed by atoms with van der Waals surface area (Å²) in [6, 6.07) is 6.67. The van der Waals surface area contributed by atoms with Crippen LogP contribution in [0.4, 0.5) is 13.2 Å². The predicted molar refractivity (Wildman–Crippen MR) is 101 cm³/mol. The summed E-state index contributed by atoms with van der Waals surface area (Å²) < 4.78 is 55.2. The Morgan fingerprint density at radius 3 is 2.83 bits per heavy atom. The zero-order valence-electron chi connectivity index (χ0n) is 16.2. The van der Waals surface area contributed by atoms with E-state index in [1.807, 2.05) is 19.9 Å². The first-order valence-electron chi connectivity index (χ1n) is 9.27. The highest BCUT2D eigenvalue weighted by molar-refractivity contribution is 5.92. The molecule has 0 radical (unpaired) electrons. The van der Waals surface area contributed by atoms with Crippen LogP contribution in [0.1, 0.15) is 30.7 Å². The molecule has 1 aromatic heterocycles. The van der Waals surface area contributed by atoms with E-state index in [9.17, 15) is 18.0 Å². The van der Waals surface area contributed by atoms with Crippen molar-refractivity contribution in [3.8, 4) is 11.5 Å². The van der Waals surface area contributed by atoms with E-state index in [1.54, 1.807) is 12.1 Å². The van der Waals surface area contributed by atoms with Crippen molar-refractivity contribution in [2.45, 2.75) is 39.1 Å². The number of hydrogen-bond donors (Lipinski definition) is 0. The number of ether oxygens (including phenoxy) is 2. The van der Waals surface area contributed by atoms with Crippen LogP contribution in [0.5, 0.6) is 11.5 Å². The molecule has 1 atom stereocenters. The Morgan fingerprint density at radius 2 is 2.17 bits per heavy atom. The van der Waals surface area contributed by atoms with Crippen molar-refractivity contribution in [1.29, 1.82) is 0 Å². The van der Waals surface area contributed by atoms with Crippen molar-refractivity contribution in [3.63, 3.8) is 0 Å². The maximum Gasteiger partial charge on any atom is 0.406 e. The largest absolute Gasteiger partial charge is 0.493 e. The topological polar surface area (TPSA) is 51.9 Å². The number of carbonyl (C=O) groups is 1. The average molecular weight is 409 g/mol. The van der Waals surface area contributed by atoms with E-state index < -0.39 is 18.6 Å². The highest BCUT2D eigenvalue weighted by Gasteiger charge is 2.33. The Bertz CT molecular complexity index is 875. The fraction of sp³-hybridized carbons (Fsp3) is 0.381. The number of rotatable bonds is 7. The molecule has 0 bridgehead atoms. The summed E-state index contributed by atoms with van der Waals surface area (Å²) in [7, 11) is 0. The van der Waals surface area contributed by atoms with Gasteiger partial charge in [-0.25, -0.2) is 0 Å². The molecule has 5 nitrogen and oxygen atoms in total. The first-order chi connectivity index (χ1) is 13.7. The minimum Gasteiger partial charge on any atom is -0.493 e. The molecule has 0 fully saturated rings. The van der Waals surface area contributed by atoms with Gasteiger partial charge in [-0.05, 0) is 44.2 Å². The van der Waals surface area contributed by atoms with Crippen LogP contribution in [0.25, 0.3) is 6.08 Å². The third kappa shape index (κ3) is 5.56. The van der Waals surface area contributed by atoms with Crippen molar-refractivity contribution in [2.24, 2.45) is 0 Å². The van der Waals surface area contributed by atoms with Gasteiger partial charge in [0.05, 0.1) is 19.4 Å². The van der Waals surface area contributed by atoms with Crippen LogP contribution in [-0.2, 0) is 17.8 Å². The monoisotopic (exact) mass is 409 g/mol. The van der Waals surface area contributed by atoms with E-state index in [4.69, 9.17) is 13.9 Å². The second kappa shape index (κ2) is 8.63. The number of hydrogen-bond acceptors (Lipinski definition) is 4. The minimum atomic E-state index is -4.52. The summed E-state index contributed by atoms with van der Waals surface area (Å²) in [5, 5.41) is 0. The lowest BCUT2D eigenvalue weighted by atomic mass is 10.1. The zero-order valence-corrected chi connectivity index (χ0v) is 16.2. The molecule has 0 spiro atoms. The summed E-state index contributed by atoms with van der Waals surface area (Å²) >= 11 is 0. The molecule has 0 saturated heterocycles. The van der Waals surface area contributed by atoms with Gasteiger partial charge in [0.1, 0.15) is 29.9 Å². The van der Waals surface area contributed by atoms with Crippen LogP contribution in [-0.4, -0.2) is 36.2 Å². The lowest BCUT2D eigenvalue weighted by Gasteiger charge is -2.21. The average Bonchev–Trinajstić information content (AvgIpc) is 3.26. The van der Waals surface area contributed by atoms with Gasteiger partial charge in [0, 0.05) is 23.6 Å². The Labute approximate surface area is 166 Å². The highest BCUT2D eigenvalue weighted by Crippen LogP contribution is 2.35. The van der Waals surface area contributed by atoms with Crippen LogP contribution in [0.3, 0.4) is 0 Å². The normalized spacial score (nSPS) is 16.0. The Hall–Kier alpha value is -2.90. The predicted octanol–water partition coefficient (Wildman–Crippen LogP) is 4.61. The molecule has 156 valence electrons. The van der Waals surface area contributed by atoms with E-state index in [-0.39, 0.29) is 18.4 Å². The molecule has 0 N–H and O–H groups in total. The van der Waals surface area contributed by atoms with Crippen molar-refractivity contribution in [2.75, 3.05) is 13.2 Å². The zero-order chi connectivity index (χ0) is 21.0. The standard InChI is InChI=1S/C21H22F3NO4/c1-3-27-18-11-16-9-14(2)29-19(16)10-15(18)6-7-20(26)25(13-21(22,23)24)12-17-5-4-8-28-17/h4-8,10-11,14H,3,9,12-13H2,1-2H3/b7-6+. The lowest BCUT2D eigenvalue weighted by Crippen LogP contribution is -2.37. The molecule has 8 heteroatoms. The van der Waals surface area contributed by atoms with Gasteiger partial charge in [-0.1, -0.05) is 0 Å². The van der Waals surface area contributed by atoms with E-state index in [1.165, 1.54) is 18.4 Å². The first kappa shape index (κ1) is 20.8. The highest BCUT2D eigenvalue weighted by atomic mass is 19.4. The molecular weight excluding hydrogens is 387 g/mol. The van der Waals surface area contributed by atoms with E-state index in [0.717, 1.165) is 18.1 Å². The number of furan rings is 1. The summed E-state index contributed by atoms with van der Waals surface area (Å²) in [5.74, 6) is 0.735. The number of halogens is 3. The maximum atomic E-state index is 12.9. The van der Waals surface area contributed by atoms with Crippen molar-refractivity contribution in [1.82, 2.24) is 4.90 Å². The second-order valence-corrected chi connectivity index (χ2v) is 6.79. The molecule has 1 unspecified atom stereocenters. The van der Waals surface area contributed by atoms with Gasteiger partial charge in [0.2, 0.25) is 5.91 Å². The van der Waals surface area contributed by atoms with Gasteiger partial charge >= 0.3 is 6.18 Å². The lowest BCUT2D eigenvalue weighted by molar-refractivity contribution is -0.159. The number of fused-ring (bicyclic) bond motifs is 1. The Kier molecular flexibility index (Phi) is 6.20. The first-order valence-corrected chi connectivity index (χ1v) is 9.27. The fourth-order valence-electron chi connectivity index (χ4n) is 3.15. The molecule has 0 saturated carbocycles. The van der Waals surface area contributed by atoms with Crippen LogP contribution < -0.4 is 9.47 Å². The maximum absolute atomic E-state index is 12.9. The molecule has 2 aromatic rings. The van der Waals surface area contributed by atoms with Gasteiger partial charge in [0.15, 0.2) is 0 Å². The van der Waals surface area contributed by atoms with Gasteiger partial charge < -0.3 is 18.8 Å². The molecule has 3 rings (SSSR count). The quantitative estimate of drug-likeness (QED) is 0.627. The minimum absolute atomic E-state index is 0.0379. The summed E-state index contributed by atoms with van der Waals surface area (Å²) in [6.07, 6.45) is 0.172. The van der Waals surface area contributed by atoms with Crippen LogP contribution in [0.2, 0.25) is 0 Å². The van der Waals surface area contributed by atoms with E-state index in [2.05, 4.69) is 0 Å². The van der Waals surface area contributed by atoms with Crippen molar-refractivity contribution in [3.05, 3.63) is 53.5 Å². The molecule has 0 aliphatic carbocycles. The third-order valence-corrected chi connectivity index (χ3v) is 4.34. The number of amides is 1. The number of carbonyl (C=O) groups excluding carboxylic acids is 1. The number of nitrogens with zero attached hydrogens (tertiary/aromatic N) is 1. The van der Waals surface area contributed by atoms with E-state index in [0.29, 0.717) is 28.6 Å². The molecular formula is C21H22F3NO4. The molecule has 1 aliphatic rings. The molecule has 1 aromatic carbocycles. The second-order valence-electron chi connectivity index (χ2n) is 6.79. The molecule has 2 heterocycles. The van der Waals surface area contributed by atoms with Gasteiger partial charge in [-0.15, -0.1) is 0 Å². The van der Waals surface area contributed by atoms with Crippen LogP contribution in [0.15, 0.2) is 41.0 Å². The smallest absolute Gasteiger partial charge is 0.406 e. The molecule has 29 heavy (non-hydrogen) atoms. The molecule has 1 aliphatic heterocycles. The van der Waals surface area contributed by atoms with Gasteiger partial charge in [0.25, 0.3) is 0 Å². The van der Waals surface area contributed by atoms with Crippen LogP contribution in [0, 0.1) is 0 Å². The fourth-order valence-corrected chi connectivity index (χ4v) is 3.15. The Balaban J connectivity index is 1.82. The number of alkyl halides is 3. The Morgan fingerprint density at radius 1 is 1.38 bits per heavy atom.